The highest BCUT2D eigenvalue weighted by Gasteiger charge is 2.34. The molecule has 0 spiro atoms. The maximum atomic E-state index is 13.3. The van der Waals surface area contributed by atoms with Gasteiger partial charge in [-0.3, -0.25) is 24.0 Å². The first-order valence-electron chi connectivity index (χ1n) is 12.6. The molecule has 1 fully saturated rings. The zero-order chi connectivity index (χ0) is 26.8. The highest BCUT2D eigenvalue weighted by molar-refractivity contribution is 6.37. The Labute approximate surface area is 209 Å². The minimum Gasteiger partial charge on any atom is -0.465 e. The Balaban J connectivity index is 2.95. The molecule has 1 saturated heterocycles. The number of carbonyl (C=O) groups is 5. The van der Waals surface area contributed by atoms with Crippen molar-refractivity contribution in [3.63, 3.8) is 0 Å². The molecule has 1 heterocycles. The number of esters is 1. The lowest BCUT2D eigenvalue weighted by atomic mass is 9.86. The van der Waals surface area contributed by atoms with Crippen LogP contribution in [0.4, 0.5) is 0 Å². The van der Waals surface area contributed by atoms with Gasteiger partial charge >= 0.3 is 5.97 Å². The fraction of sp³-hybridized carbons (Fsp3) is 0.808. The highest BCUT2D eigenvalue weighted by atomic mass is 16.5. The first kappa shape index (κ1) is 30.7. The molecule has 0 radical (unpaired) electrons. The Morgan fingerprint density at radius 2 is 1.83 bits per heavy atom. The lowest BCUT2D eigenvalue weighted by Gasteiger charge is -2.27. The standard InChI is InChI=1S/C26H44N2O7/c1-8-17(4)19(13-22(30)35-15-26(5,6)7)24(32)28-20(11-16(2)3)21(29)12-18-14-34-10-9-27-25(33)23(18)31/h16-20H,8-15H2,1-7H3,(H,27,33)(H,28,32). The molecular weight excluding hydrogens is 452 g/mol. The van der Waals surface area contributed by atoms with Crippen LogP contribution in [0, 0.1) is 29.1 Å². The van der Waals surface area contributed by atoms with Crippen molar-refractivity contribution in [2.24, 2.45) is 29.1 Å². The Kier molecular flexibility index (Phi) is 12.6. The van der Waals surface area contributed by atoms with E-state index in [-0.39, 0.29) is 68.1 Å². The molecule has 9 nitrogen and oxygen atoms in total. The van der Waals surface area contributed by atoms with Crippen LogP contribution in [0.1, 0.15) is 74.1 Å². The van der Waals surface area contributed by atoms with E-state index < -0.39 is 35.5 Å². The van der Waals surface area contributed by atoms with E-state index in [9.17, 15) is 24.0 Å². The summed E-state index contributed by atoms with van der Waals surface area (Å²) in [5.74, 6) is -4.13. The van der Waals surface area contributed by atoms with Gasteiger partial charge in [0.25, 0.3) is 5.91 Å². The van der Waals surface area contributed by atoms with E-state index >= 15 is 0 Å². The number of rotatable bonds is 12. The first-order valence-corrected chi connectivity index (χ1v) is 12.6. The number of Topliss-reactive ketones (excluding diaryl/α,β-unsaturated/α-hetero) is 2. The maximum absolute atomic E-state index is 13.3. The van der Waals surface area contributed by atoms with Gasteiger partial charge in [0.2, 0.25) is 11.7 Å². The number of hydrogen-bond acceptors (Lipinski definition) is 7. The number of ketones is 2. The monoisotopic (exact) mass is 496 g/mol. The SMILES string of the molecule is CCC(C)C(CC(=O)OCC(C)(C)C)C(=O)NC(CC(C)C)C(=O)CC1COCCNC(=O)C1=O. The van der Waals surface area contributed by atoms with Gasteiger partial charge in [0, 0.05) is 13.0 Å². The zero-order valence-electron chi connectivity index (χ0n) is 22.4. The summed E-state index contributed by atoms with van der Waals surface area (Å²) >= 11 is 0. The number of hydrogen-bond donors (Lipinski definition) is 2. The third kappa shape index (κ3) is 11.3. The molecule has 1 aliphatic rings. The van der Waals surface area contributed by atoms with Crippen molar-refractivity contribution >= 4 is 29.4 Å². The molecule has 0 aromatic rings. The number of carbonyl (C=O) groups excluding carboxylic acids is 5. The van der Waals surface area contributed by atoms with E-state index in [2.05, 4.69) is 10.6 Å². The first-order chi connectivity index (χ1) is 16.2. The molecule has 2 amide bonds. The maximum Gasteiger partial charge on any atom is 0.306 e. The molecule has 2 N–H and O–H groups in total. The van der Waals surface area contributed by atoms with Crippen molar-refractivity contribution in [1.82, 2.24) is 10.6 Å². The summed E-state index contributed by atoms with van der Waals surface area (Å²) in [4.78, 5) is 63.3. The third-order valence-corrected chi connectivity index (χ3v) is 6.03. The predicted molar refractivity (Wildman–Crippen MR) is 131 cm³/mol. The zero-order valence-corrected chi connectivity index (χ0v) is 22.4. The van der Waals surface area contributed by atoms with E-state index in [1.807, 2.05) is 48.5 Å². The summed E-state index contributed by atoms with van der Waals surface area (Å²) in [7, 11) is 0. The molecule has 1 aliphatic heterocycles. The number of nitrogens with one attached hydrogen (secondary N) is 2. The Morgan fingerprint density at radius 3 is 2.40 bits per heavy atom. The summed E-state index contributed by atoms with van der Waals surface area (Å²) in [5.41, 5.74) is -0.187. The molecule has 0 aromatic carbocycles. The average molecular weight is 497 g/mol. The van der Waals surface area contributed by atoms with Gasteiger partial charge in [-0.15, -0.1) is 0 Å². The van der Waals surface area contributed by atoms with Gasteiger partial charge in [-0.1, -0.05) is 54.9 Å². The van der Waals surface area contributed by atoms with Gasteiger partial charge in [0.1, 0.15) is 0 Å². The fourth-order valence-electron chi connectivity index (χ4n) is 3.74. The van der Waals surface area contributed by atoms with E-state index in [0.29, 0.717) is 12.8 Å². The summed E-state index contributed by atoms with van der Waals surface area (Å²) in [6, 6.07) is -0.832. The van der Waals surface area contributed by atoms with Crippen LogP contribution >= 0.6 is 0 Å². The van der Waals surface area contributed by atoms with Crippen molar-refractivity contribution in [3.05, 3.63) is 0 Å². The van der Waals surface area contributed by atoms with E-state index in [1.165, 1.54) is 0 Å². The molecule has 1 rings (SSSR count). The second-order valence-corrected chi connectivity index (χ2v) is 11.2. The summed E-state index contributed by atoms with van der Waals surface area (Å²) in [5, 5.41) is 5.30. The average Bonchev–Trinajstić information content (AvgIpc) is 2.76. The topological polar surface area (TPSA) is 128 Å². The molecule has 0 bridgehead atoms. The number of ether oxygens (including phenoxy) is 2. The van der Waals surface area contributed by atoms with Crippen LogP contribution in [0.2, 0.25) is 0 Å². The van der Waals surface area contributed by atoms with Crippen molar-refractivity contribution < 1.29 is 33.4 Å². The predicted octanol–water partition coefficient (Wildman–Crippen LogP) is 2.45. The van der Waals surface area contributed by atoms with Crippen LogP contribution in [0.15, 0.2) is 0 Å². The molecule has 200 valence electrons. The van der Waals surface area contributed by atoms with Crippen LogP contribution in [0.3, 0.4) is 0 Å². The van der Waals surface area contributed by atoms with Gasteiger partial charge < -0.3 is 20.1 Å². The lowest BCUT2D eigenvalue weighted by molar-refractivity contribution is -0.150. The summed E-state index contributed by atoms with van der Waals surface area (Å²) < 4.78 is 10.8. The van der Waals surface area contributed by atoms with Crippen LogP contribution < -0.4 is 10.6 Å². The van der Waals surface area contributed by atoms with E-state index in [4.69, 9.17) is 9.47 Å². The second-order valence-electron chi connectivity index (χ2n) is 11.2. The van der Waals surface area contributed by atoms with Crippen LogP contribution in [-0.4, -0.2) is 61.8 Å². The Bertz CT molecular complexity index is 757. The molecule has 35 heavy (non-hydrogen) atoms. The van der Waals surface area contributed by atoms with Gasteiger partial charge in [-0.2, -0.15) is 0 Å². The molecule has 9 heteroatoms. The molecule has 4 unspecified atom stereocenters. The minimum atomic E-state index is -0.896. The van der Waals surface area contributed by atoms with Crippen LogP contribution in [-0.2, 0) is 33.4 Å². The lowest BCUT2D eigenvalue weighted by Crippen LogP contribution is -2.48. The van der Waals surface area contributed by atoms with Gasteiger partial charge in [0.15, 0.2) is 5.78 Å². The molecule has 4 atom stereocenters. The van der Waals surface area contributed by atoms with Gasteiger partial charge in [0.05, 0.1) is 44.1 Å². The normalized spacial score (nSPS) is 19.7. The Hall–Kier alpha value is -2.29. The second kappa shape index (κ2) is 14.3. The quantitative estimate of drug-likeness (QED) is 0.314. The summed E-state index contributed by atoms with van der Waals surface area (Å²) in [6.07, 6.45) is 0.775. The van der Waals surface area contributed by atoms with Crippen molar-refractivity contribution in [1.29, 1.82) is 0 Å². The molecule has 0 aromatic heterocycles. The largest absolute Gasteiger partial charge is 0.465 e. The smallest absolute Gasteiger partial charge is 0.306 e. The molecule has 0 aliphatic carbocycles. The molecule has 0 saturated carbocycles. The molecular formula is C26H44N2O7. The van der Waals surface area contributed by atoms with Crippen LogP contribution in [0.5, 0.6) is 0 Å². The Morgan fingerprint density at radius 1 is 1.17 bits per heavy atom. The van der Waals surface area contributed by atoms with E-state index in [1.54, 1.807) is 0 Å². The number of amides is 2. The van der Waals surface area contributed by atoms with Crippen LogP contribution in [0.25, 0.3) is 0 Å². The van der Waals surface area contributed by atoms with Gasteiger partial charge in [-0.05, 0) is 23.7 Å². The third-order valence-electron chi connectivity index (χ3n) is 6.03. The van der Waals surface area contributed by atoms with E-state index in [0.717, 1.165) is 0 Å². The minimum absolute atomic E-state index is 0.0184. The fourth-order valence-corrected chi connectivity index (χ4v) is 3.74. The van der Waals surface area contributed by atoms with Crippen molar-refractivity contribution in [3.8, 4) is 0 Å². The van der Waals surface area contributed by atoms with Gasteiger partial charge in [-0.25, -0.2) is 0 Å². The van der Waals surface area contributed by atoms with Crippen molar-refractivity contribution in [2.75, 3.05) is 26.4 Å². The highest BCUT2D eigenvalue weighted by Crippen LogP contribution is 2.23. The van der Waals surface area contributed by atoms with Crippen molar-refractivity contribution in [2.45, 2.75) is 80.2 Å². The summed E-state index contributed by atoms with van der Waals surface area (Å²) in [6.45, 7) is 14.3.